The maximum atomic E-state index is 14.0. The fourth-order valence-corrected chi connectivity index (χ4v) is 1.92. The fourth-order valence-electron chi connectivity index (χ4n) is 1.92. The molecule has 0 aliphatic rings. The van der Waals surface area contributed by atoms with Gasteiger partial charge in [-0.05, 0) is 25.1 Å². The molecule has 0 aliphatic carbocycles. The van der Waals surface area contributed by atoms with Crippen LogP contribution in [0.4, 0.5) is 17.6 Å². The van der Waals surface area contributed by atoms with E-state index in [9.17, 15) is 22.4 Å². The number of halogens is 4. The van der Waals surface area contributed by atoms with Gasteiger partial charge < -0.3 is 9.72 Å². The zero-order chi connectivity index (χ0) is 16.5. The van der Waals surface area contributed by atoms with Gasteiger partial charge in [0.25, 0.3) is 5.56 Å². The largest absolute Gasteiger partial charge is 0.573 e. The average molecular weight is 312 g/mol. The topological polar surface area (TPSA) is 65.9 Å². The molecular weight excluding hydrogens is 304 g/mol. The highest BCUT2D eigenvalue weighted by Crippen LogP contribution is 2.30. The third-order valence-electron chi connectivity index (χ3n) is 2.74. The molecule has 8 heteroatoms. The van der Waals surface area contributed by atoms with Crippen LogP contribution >= 0.6 is 0 Å². The van der Waals surface area contributed by atoms with Crippen LogP contribution in [-0.4, -0.2) is 11.3 Å². The van der Waals surface area contributed by atoms with E-state index in [4.69, 9.17) is 5.26 Å². The van der Waals surface area contributed by atoms with Crippen molar-refractivity contribution < 1.29 is 22.3 Å². The number of hydrogen-bond donors (Lipinski definition) is 1. The summed E-state index contributed by atoms with van der Waals surface area (Å²) in [6.07, 6.45) is -4.94. The van der Waals surface area contributed by atoms with Gasteiger partial charge in [0.1, 0.15) is 23.2 Å². The minimum atomic E-state index is -4.94. The van der Waals surface area contributed by atoms with Crippen molar-refractivity contribution in [1.82, 2.24) is 4.98 Å². The van der Waals surface area contributed by atoms with Crippen LogP contribution in [0.25, 0.3) is 11.1 Å². The van der Waals surface area contributed by atoms with Crippen molar-refractivity contribution in [1.29, 1.82) is 5.26 Å². The van der Waals surface area contributed by atoms with Gasteiger partial charge in [-0.25, -0.2) is 4.39 Å². The van der Waals surface area contributed by atoms with Crippen molar-refractivity contribution in [2.24, 2.45) is 0 Å². The maximum absolute atomic E-state index is 14.0. The first-order valence-electron chi connectivity index (χ1n) is 5.91. The van der Waals surface area contributed by atoms with E-state index in [1.54, 1.807) is 6.07 Å². The van der Waals surface area contributed by atoms with E-state index in [-0.39, 0.29) is 16.7 Å². The molecule has 22 heavy (non-hydrogen) atoms. The summed E-state index contributed by atoms with van der Waals surface area (Å²) in [7, 11) is 0. The number of nitrogens with one attached hydrogen (secondary N) is 1. The third kappa shape index (κ3) is 3.25. The Labute approximate surface area is 121 Å². The average Bonchev–Trinajstić information content (AvgIpc) is 2.36. The SMILES string of the molecule is Cc1cc(-c2ccc(OC(F)(F)F)cc2F)c(C#N)c(=O)[nH]1. The zero-order valence-electron chi connectivity index (χ0n) is 11.1. The zero-order valence-corrected chi connectivity index (χ0v) is 11.1. The number of nitriles is 1. The van der Waals surface area contributed by atoms with E-state index in [1.807, 2.05) is 0 Å². The van der Waals surface area contributed by atoms with E-state index in [0.717, 1.165) is 12.1 Å². The molecule has 1 aromatic carbocycles. The summed E-state index contributed by atoms with van der Waals surface area (Å²) in [5, 5.41) is 8.98. The van der Waals surface area contributed by atoms with Crippen LogP contribution in [0.5, 0.6) is 5.75 Å². The smallest absolute Gasteiger partial charge is 0.406 e. The Bertz CT molecular complexity index is 819. The quantitative estimate of drug-likeness (QED) is 0.866. The Morgan fingerprint density at radius 2 is 1.91 bits per heavy atom. The van der Waals surface area contributed by atoms with Gasteiger partial charge in [-0.2, -0.15) is 5.26 Å². The summed E-state index contributed by atoms with van der Waals surface area (Å²) < 4.78 is 53.9. The van der Waals surface area contributed by atoms with Crippen molar-refractivity contribution in [3.05, 3.63) is 51.7 Å². The summed E-state index contributed by atoms with van der Waals surface area (Å²) >= 11 is 0. The first kappa shape index (κ1) is 15.6. The van der Waals surface area contributed by atoms with Crippen LogP contribution in [0.1, 0.15) is 11.3 Å². The Balaban J connectivity index is 2.56. The lowest BCUT2D eigenvalue weighted by Gasteiger charge is -2.11. The van der Waals surface area contributed by atoms with Crippen molar-refractivity contribution in [3.63, 3.8) is 0 Å². The molecule has 0 amide bonds. The summed E-state index contributed by atoms with van der Waals surface area (Å²) in [6.45, 7) is 1.53. The number of pyridine rings is 1. The summed E-state index contributed by atoms with van der Waals surface area (Å²) in [5.74, 6) is -1.77. The second-order valence-electron chi connectivity index (χ2n) is 4.37. The third-order valence-corrected chi connectivity index (χ3v) is 2.74. The number of aromatic amines is 1. The lowest BCUT2D eigenvalue weighted by molar-refractivity contribution is -0.274. The minimum absolute atomic E-state index is 0.000177. The van der Waals surface area contributed by atoms with Gasteiger partial charge in [0.15, 0.2) is 0 Å². The molecule has 0 unspecified atom stereocenters. The molecule has 2 rings (SSSR count). The van der Waals surface area contributed by atoms with Crippen molar-refractivity contribution in [3.8, 4) is 22.9 Å². The van der Waals surface area contributed by atoms with Gasteiger partial charge in [0.05, 0.1) is 0 Å². The minimum Gasteiger partial charge on any atom is -0.406 e. The number of alkyl halides is 3. The molecule has 1 N–H and O–H groups in total. The number of ether oxygens (including phenoxy) is 1. The molecule has 2 aromatic rings. The van der Waals surface area contributed by atoms with E-state index in [1.165, 1.54) is 13.0 Å². The molecule has 0 atom stereocenters. The van der Waals surface area contributed by atoms with E-state index < -0.39 is 23.5 Å². The van der Waals surface area contributed by atoms with E-state index >= 15 is 0 Å². The molecule has 4 nitrogen and oxygen atoms in total. The normalized spacial score (nSPS) is 11.1. The Kier molecular flexibility index (Phi) is 3.91. The monoisotopic (exact) mass is 312 g/mol. The number of aryl methyl sites for hydroxylation is 1. The summed E-state index contributed by atoms with van der Waals surface area (Å²) in [5.41, 5.74) is -0.810. The fraction of sp³-hybridized carbons (Fsp3) is 0.143. The molecule has 1 heterocycles. The number of H-pyrrole nitrogens is 1. The molecule has 0 saturated heterocycles. The number of aromatic nitrogens is 1. The van der Waals surface area contributed by atoms with Crippen LogP contribution in [0.3, 0.4) is 0 Å². The first-order chi connectivity index (χ1) is 10.2. The number of rotatable bonds is 2. The van der Waals surface area contributed by atoms with Crippen molar-refractivity contribution in [2.45, 2.75) is 13.3 Å². The standard InChI is InChI=1S/C14H8F4N2O2/c1-7-4-10(11(6-19)13(21)20-7)9-3-2-8(5-12(9)15)22-14(16,17)18/h2-5H,1H3,(H,20,21). The molecule has 0 bridgehead atoms. The van der Waals surface area contributed by atoms with E-state index in [0.29, 0.717) is 11.8 Å². The highest BCUT2D eigenvalue weighted by Gasteiger charge is 2.31. The van der Waals surface area contributed by atoms with Crippen LogP contribution in [0, 0.1) is 24.1 Å². The van der Waals surface area contributed by atoms with Crippen LogP contribution in [0.15, 0.2) is 29.1 Å². The second-order valence-corrected chi connectivity index (χ2v) is 4.37. The lowest BCUT2D eigenvalue weighted by atomic mass is 10.0. The lowest BCUT2D eigenvalue weighted by Crippen LogP contribution is -2.17. The number of benzene rings is 1. The van der Waals surface area contributed by atoms with Gasteiger partial charge in [0.2, 0.25) is 0 Å². The Morgan fingerprint density at radius 3 is 2.45 bits per heavy atom. The van der Waals surface area contributed by atoms with E-state index in [2.05, 4.69) is 9.72 Å². The van der Waals surface area contributed by atoms with Gasteiger partial charge in [-0.3, -0.25) is 4.79 Å². The predicted octanol–water partition coefficient (Wildman–Crippen LogP) is 3.26. The summed E-state index contributed by atoms with van der Waals surface area (Å²) in [4.78, 5) is 14.0. The van der Waals surface area contributed by atoms with Gasteiger partial charge in [0, 0.05) is 22.9 Å². The number of nitrogens with zero attached hydrogens (tertiary/aromatic N) is 1. The van der Waals surface area contributed by atoms with Crippen molar-refractivity contribution in [2.75, 3.05) is 0 Å². The predicted molar refractivity (Wildman–Crippen MR) is 68.6 cm³/mol. The molecule has 0 fully saturated rings. The molecule has 0 radical (unpaired) electrons. The Hall–Kier alpha value is -2.82. The second kappa shape index (κ2) is 5.52. The van der Waals surface area contributed by atoms with Gasteiger partial charge >= 0.3 is 6.36 Å². The molecule has 0 spiro atoms. The first-order valence-corrected chi connectivity index (χ1v) is 5.91. The number of hydrogen-bond acceptors (Lipinski definition) is 3. The highest BCUT2D eigenvalue weighted by molar-refractivity contribution is 5.71. The molecule has 1 aromatic heterocycles. The van der Waals surface area contributed by atoms with Crippen LogP contribution in [-0.2, 0) is 0 Å². The molecular formula is C14H8F4N2O2. The van der Waals surface area contributed by atoms with Gasteiger partial charge in [-0.1, -0.05) is 0 Å². The van der Waals surface area contributed by atoms with Crippen molar-refractivity contribution >= 4 is 0 Å². The highest BCUT2D eigenvalue weighted by atomic mass is 19.4. The summed E-state index contributed by atoms with van der Waals surface area (Å²) in [6, 6.07) is 5.48. The Morgan fingerprint density at radius 1 is 1.23 bits per heavy atom. The molecule has 0 aliphatic heterocycles. The molecule has 0 saturated carbocycles. The van der Waals surface area contributed by atoms with Gasteiger partial charge in [-0.15, -0.1) is 13.2 Å². The van der Waals surface area contributed by atoms with Crippen LogP contribution < -0.4 is 10.3 Å². The molecule has 114 valence electrons. The maximum Gasteiger partial charge on any atom is 0.573 e. The van der Waals surface area contributed by atoms with Crippen LogP contribution in [0.2, 0.25) is 0 Å².